The molecule has 0 N–H and O–H groups in total. The van der Waals surface area contributed by atoms with E-state index in [4.69, 9.17) is 4.74 Å². The summed E-state index contributed by atoms with van der Waals surface area (Å²) in [7, 11) is 0. The molecule has 0 saturated carbocycles. The van der Waals surface area contributed by atoms with Gasteiger partial charge in [-0.2, -0.15) is 18.3 Å². The number of carbonyl (C=O) groups excluding carboxylic acids is 2. The van der Waals surface area contributed by atoms with Crippen molar-refractivity contribution in [3.8, 4) is 0 Å². The van der Waals surface area contributed by atoms with Gasteiger partial charge in [0, 0.05) is 12.2 Å². The Morgan fingerprint density at radius 3 is 2.67 bits per heavy atom. The molecule has 0 saturated heterocycles. The van der Waals surface area contributed by atoms with E-state index in [1.807, 2.05) is 0 Å². The van der Waals surface area contributed by atoms with Gasteiger partial charge >= 0.3 is 12.1 Å². The highest BCUT2D eigenvalue weighted by atomic mass is 19.4. The highest BCUT2D eigenvalue weighted by Gasteiger charge is 2.38. The van der Waals surface area contributed by atoms with Gasteiger partial charge in [-0.3, -0.25) is 9.48 Å². The number of nitrogens with zero attached hydrogens (tertiary/aromatic N) is 3. The Morgan fingerprint density at radius 1 is 1.37 bits per heavy atom. The predicted molar refractivity (Wildman–Crippen MR) is 86.0 cm³/mol. The molecular weight excluding hydrogens is 370 g/mol. The molecule has 3 rings (SSSR count). The first kappa shape index (κ1) is 18.9. The number of esters is 1. The molecule has 0 fully saturated rings. The molecule has 1 aromatic heterocycles. The summed E-state index contributed by atoms with van der Waals surface area (Å²) in [5.74, 6) is -2.89. The van der Waals surface area contributed by atoms with E-state index in [2.05, 4.69) is 5.10 Å². The molecular formula is C17H15F4N3O3. The van der Waals surface area contributed by atoms with Gasteiger partial charge in [0.15, 0.2) is 0 Å². The SMILES string of the molecule is CCOC(=O)c1cnn2c1C(=O)N(c1ccc(C(F)(F)F)c(F)c1)C[C@@H]2C. The Hall–Kier alpha value is -2.91. The zero-order valence-electron chi connectivity index (χ0n) is 14.4. The first-order valence-electron chi connectivity index (χ1n) is 8.08. The number of halogens is 4. The number of ether oxygens (including phenoxy) is 1. The zero-order chi connectivity index (χ0) is 19.9. The molecule has 1 amide bonds. The molecule has 6 nitrogen and oxygen atoms in total. The van der Waals surface area contributed by atoms with Crippen LogP contribution in [0.3, 0.4) is 0 Å². The second-order valence-electron chi connectivity index (χ2n) is 6.00. The van der Waals surface area contributed by atoms with E-state index in [0.717, 1.165) is 11.0 Å². The van der Waals surface area contributed by atoms with Gasteiger partial charge in [-0.05, 0) is 32.0 Å². The third-order valence-electron chi connectivity index (χ3n) is 4.17. The van der Waals surface area contributed by atoms with E-state index < -0.39 is 29.4 Å². The number of amides is 1. The number of rotatable bonds is 3. The summed E-state index contributed by atoms with van der Waals surface area (Å²) in [5, 5.41) is 4.03. The van der Waals surface area contributed by atoms with Crippen molar-refractivity contribution in [1.82, 2.24) is 9.78 Å². The summed E-state index contributed by atoms with van der Waals surface area (Å²) in [4.78, 5) is 26.0. The molecule has 2 heterocycles. The fourth-order valence-electron chi connectivity index (χ4n) is 2.94. The molecule has 144 valence electrons. The minimum atomic E-state index is -4.84. The average Bonchev–Trinajstić information content (AvgIpc) is 3.03. The van der Waals surface area contributed by atoms with Gasteiger partial charge in [0.2, 0.25) is 0 Å². The Kier molecular flexibility index (Phi) is 4.66. The highest BCUT2D eigenvalue weighted by molar-refractivity contribution is 6.11. The Bertz CT molecular complexity index is 907. The lowest BCUT2D eigenvalue weighted by Crippen LogP contribution is -2.43. The number of fused-ring (bicyclic) bond motifs is 1. The maximum absolute atomic E-state index is 13.9. The van der Waals surface area contributed by atoms with E-state index in [1.54, 1.807) is 13.8 Å². The van der Waals surface area contributed by atoms with Crippen LogP contribution in [0.15, 0.2) is 24.4 Å². The molecule has 0 radical (unpaired) electrons. The van der Waals surface area contributed by atoms with Gasteiger partial charge in [-0.1, -0.05) is 0 Å². The summed E-state index contributed by atoms with van der Waals surface area (Å²) in [6.45, 7) is 3.47. The smallest absolute Gasteiger partial charge is 0.419 e. The maximum atomic E-state index is 13.9. The molecule has 0 bridgehead atoms. The summed E-state index contributed by atoms with van der Waals surface area (Å²) in [6, 6.07) is 1.88. The second kappa shape index (κ2) is 6.67. The van der Waals surface area contributed by atoms with Gasteiger partial charge in [0.25, 0.3) is 5.91 Å². The van der Waals surface area contributed by atoms with Crippen LogP contribution in [0.25, 0.3) is 0 Å². The van der Waals surface area contributed by atoms with Crippen LogP contribution in [0.5, 0.6) is 0 Å². The molecule has 10 heteroatoms. The van der Waals surface area contributed by atoms with E-state index in [9.17, 15) is 27.2 Å². The van der Waals surface area contributed by atoms with E-state index in [-0.39, 0.29) is 36.1 Å². The zero-order valence-corrected chi connectivity index (χ0v) is 14.4. The molecule has 2 aromatic rings. The molecule has 1 atom stereocenters. The number of hydrogen-bond acceptors (Lipinski definition) is 4. The topological polar surface area (TPSA) is 64.4 Å². The fourth-order valence-corrected chi connectivity index (χ4v) is 2.94. The molecule has 1 aliphatic rings. The minimum absolute atomic E-state index is 0.0420. The number of aromatic nitrogens is 2. The van der Waals surface area contributed by atoms with Crippen molar-refractivity contribution >= 4 is 17.6 Å². The van der Waals surface area contributed by atoms with Gasteiger partial charge in [0.1, 0.15) is 17.1 Å². The van der Waals surface area contributed by atoms with E-state index >= 15 is 0 Å². The van der Waals surface area contributed by atoms with Gasteiger partial charge < -0.3 is 9.64 Å². The van der Waals surface area contributed by atoms with Crippen LogP contribution in [0, 0.1) is 5.82 Å². The Labute approximate surface area is 151 Å². The van der Waals surface area contributed by atoms with Crippen molar-refractivity contribution in [2.24, 2.45) is 0 Å². The van der Waals surface area contributed by atoms with Crippen molar-refractivity contribution in [3.63, 3.8) is 0 Å². The number of anilines is 1. The van der Waals surface area contributed by atoms with Crippen molar-refractivity contribution in [1.29, 1.82) is 0 Å². The molecule has 27 heavy (non-hydrogen) atoms. The maximum Gasteiger partial charge on any atom is 0.419 e. The third kappa shape index (κ3) is 3.26. The lowest BCUT2D eigenvalue weighted by molar-refractivity contribution is -0.139. The summed E-state index contributed by atoms with van der Waals surface area (Å²) < 4.78 is 58.4. The van der Waals surface area contributed by atoms with E-state index in [0.29, 0.717) is 12.1 Å². The predicted octanol–water partition coefficient (Wildman–Crippen LogP) is 3.44. The van der Waals surface area contributed by atoms with Crippen LogP contribution < -0.4 is 4.90 Å². The third-order valence-corrected chi connectivity index (χ3v) is 4.17. The minimum Gasteiger partial charge on any atom is -0.462 e. The van der Waals surface area contributed by atoms with Crippen LogP contribution in [0.2, 0.25) is 0 Å². The number of hydrogen-bond donors (Lipinski definition) is 0. The average molecular weight is 385 g/mol. The molecule has 1 aliphatic heterocycles. The summed E-state index contributed by atoms with van der Waals surface area (Å²) >= 11 is 0. The summed E-state index contributed by atoms with van der Waals surface area (Å²) in [6.07, 6.45) is -3.63. The number of benzene rings is 1. The van der Waals surface area contributed by atoms with Crippen LogP contribution in [-0.4, -0.2) is 34.8 Å². The Morgan fingerprint density at radius 2 is 2.07 bits per heavy atom. The Balaban J connectivity index is 2.01. The van der Waals surface area contributed by atoms with Gasteiger partial charge in [-0.15, -0.1) is 0 Å². The largest absolute Gasteiger partial charge is 0.462 e. The molecule has 0 aliphatic carbocycles. The second-order valence-corrected chi connectivity index (χ2v) is 6.00. The molecule has 0 unspecified atom stereocenters. The molecule has 0 spiro atoms. The number of carbonyl (C=O) groups is 2. The lowest BCUT2D eigenvalue weighted by Gasteiger charge is -2.32. The number of alkyl halides is 3. The first-order chi connectivity index (χ1) is 12.6. The van der Waals surface area contributed by atoms with Crippen molar-refractivity contribution in [3.05, 3.63) is 47.0 Å². The van der Waals surface area contributed by atoms with Crippen LogP contribution in [0.4, 0.5) is 23.2 Å². The standard InChI is InChI=1S/C17H15F4N3O3/c1-3-27-16(26)11-7-22-24-9(2)8-23(15(25)14(11)24)10-4-5-12(13(18)6-10)17(19,20)21/h4-7,9H,3,8H2,1-2H3/t9-/m0/s1. The first-order valence-corrected chi connectivity index (χ1v) is 8.08. The monoisotopic (exact) mass is 385 g/mol. The quantitative estimate of drug-likeness (QED) is 0.600. The molecule has 1 aromatic carbocycles. The van der Waals surface area contributed by atoms with Gasteiger partial charge in [-0.25, -0.2) is 9.18 Å². The summed E-state index contributed by atoms with van der Waals surface area (Å²) in [5.41, 5.74) is -1.56. The van der Waals surface area contributed by atoms with Crippen molar-refractivity contribution in [2.75, 3.05) is 18.1 Å². The van der Waals surface area contributed by atoms with E-state index in [1.165, 1.54) is 10.9 Å². The lowest BCUT2D eigenvalue weighted by atomic mass is 10.1. The normalized spacial score (nSPS) is 17.0. The van der Waals surface area contributed by atoms with Crippen molar-refractivity contribution < 1.29 is 31.9 Å². The van der Waals surface area contributed by atoms with Gasteiger partial charge in [0.05, 0.1) is 24.4 Å². The van der Waals surface area contributed by atoms with Crippen molar-refractivity contribution in [2.45, 2.75) is 26.1 Å². The fraction of sp³-hybridized carbons (Fsp3) is 0.353. The van der Waals surface area contributed by atoms with Crippen LogP contribution in [0.1, 0.15) is 46.3 Å². The highest BCUT2D eigenvalue weighted by Crippen LogP contribution is 2.34. The van der Waals surface area contributed by atoms with Crippen LogP contribution >= 0.6 is 0 Å². The van der Waals surface area contributed by atoms with Crippen LogP contribution in [-0.2, 0) is 10.9 Å².